The Hall–Kier alpha value is -3.89. The van der Waals surface area contributed by atoms with Crippen LogP contribution in [0.5, 0.6) is 11.5 Å². The van der Waals surface area contributed by atoms with E-state index in [1.54, 1.807) is 42.3 Å². The number of aliphatic hydroxyl groups excluding tert-OH is 2. The Morgan fingerprint density at radius 3 is 2.14 bits per heavy atom. The second kappa shape index (κ2) is 10.00. The van der Waals surface area contributed by atoms with Crippen LogP contribution in [-0.4, -0.2) is 58.7 Å². The third-order valence-electron chi connectivity index (χ3n) is 6.56. The largest absolute Gasteiger partial charge is 0.497 e. The summed E-state index contributed by atoms with van der Waals surface area (Å²) in [6, 6.07) is 13.9. The zero-order valence-corrected chi connectivity index (χ0v) is 20.2. The van der Waals surface area contributed by atoms with Gasteiger partial charge in [0.2, 0.25) is 5.95 Å². The molecule has 3 aromatic rings. The van der Waals surface area contributed by atoms with Crippen molar-refractivity contribution < 1.29 is 24.5 Å². The molecule has 10 heteroatoms. The van der Waals surface area contributed by atoms with Crippen LogP contribution in [0.25, 0.3) is 0 Å². The predicted molar refractivity (Wildman–Crippen MR) is 135 cm³/mol. The average Bonchev–Trinajstić information content (AvgIpc) is 2.88. The summed E-state index contributed by atoms with van der Waals surface area (Å²) < 4.78 is 10.5. The molecule has 1 unspecified atom stereocenters. The number of aromatic nitrogens is 2. The van der Waals surface area contributed by atoms with Gasteiger partial charge in [0, 0.05) is 29.2 Å². The van der Waals surface area contributed by atoms with Gasteiger partial charge in [-0.15, -0.1) is 0 Å². The van der Waals surface area contributed by atoms with E-state index in [9.17, 15) is 15.0 Å². The van der Waals surface area contributed by atoms with Crippen LogP contribution < -0.4 is 24.6 Å². The number of ether oxygens (including phenoxy) is 2. The molecular weight excluding hydrogens is 462 g/mol. The molecule has 0 radical (unpaired) electrons. The van der Waals surface area contributed by atoms with Crippen molar-refractivity contribution >= 4 is 29.2 Å². The molecule has 0 saturated heterocycles. The number of aliphatic hydroxyl groups is 2. The first-order valence-corrected chi connectivity index (χ1v) is 11.8. The van der Waals surface area contributed by atoms with Crippen LogP contribution in [0.15, 0.2) is 54.7 Å². The molecule has 0 bridgehead atoms. The van der Waals surface area contributed by atoms with Gasteiger partial charge in [-0.05, 0) is 67.8 Å². The molecule has 1 saturated carbocycles. The number of hydrogen-bond acceptors (Lipinski definition) is 8. The second-order valence-corrected chi connectivity index (χ2v) is 9.00. The molecule has 36 heavy (non-hydrogen) atoms. The summed E-state index contributed by atoms with van der Waals surface area (Å²) >= 11 is 0. The monoisotopic (exact) mass is 491 g/mol. The Balaban J connectivity index is 1.50. The van der Waals surface area contributed by atoms with Crippen LogP contribution in [0.2, 0.25) is 0 Å². The van der Waals surface area contributed by atoms with Gasteiger partial charge in [-0.25, -0.2) is 9.78 Å². The van der Waals surface area contributed by atoms with Crippen LogP contribution >= 0.6 is 0 Å². The number of carbonyl (C=O) groups excluding carboxylic acids is 1. The predicted octanol–water partition coefficient (Wildman–Crippen LogP) is 3.46. The lowest BCUT2D eigenvalue weighted by molar-refractivity contribution is 0.0314. The number of carbonyl (C=O) groups is 1. The number of benzene rings is 2. The maximum absolute atomic E-state index is 13.9. The number of methoxy groups -OCH3 is 2. The molecule has 5 rings (SSSR count). The number of rotatable bonds is 6. The minimum Gasteiger partial charge on any atom is -0.497 e. The van der Waals surface area contributed by atoms with Crippen LogP contribution in [0.3, 0.4) is 0 Å². The lowest BCUT2D eigenvalue weighted by Gasteiger charge is -2.43. The Labute approximate surface area is 209 Å². The summed E-state index contributed by atoms with van der Waals surface area (Å²) in [5.41, 5.74) is 2.24. The van der Waals surface area contributed by atoms with Crippen LogP contribution in [-0.2, 0) is 6.54 Å². The normalized spacial score (nSPS) is 21.7. The molecule has 2 heterocycles. The maximum atomic E-state index is 13.9. The number of hydrogen-bond donors (Lipinski definition) is 3. The van der Waals surface area contributed by atoms with Gasteiger partial charge in [-0.1, -0.05) is 0 Å². The van der Waals surface area contributed by atoms with E-state index in [0.29, 0.717) is 42.5 Å². The van der Waals surface area contributed by atoms with Crippen LogP contribution in [0.4, 0.5) is 27.9 Å². The van der Waals surface area contributed by atoms with E-state index in [4.69, 9.17) is 14.5 Å². The van der Waals surface area contributed by atoms with Gasteiger partial charge in [-0.2, -0.15) is 4.98 Å². The molecule has 0 spiro atoms. The fraction of sp³-hybridized carbons (Fsp3) is 0.346. The number of anilines is 4. The molecule has 188 valence electrons. The van der Waals surface area contributed by atoms with Gasteiger partial charge >= 0.3 is 6.03 Å². The van der Waals surface area contributed by atoms with E-state index in [2.05, 4.69) is 10.3 Å². The maximum Gasteiger partial charge on any atom is 0.330 e. The van der Waals surface area contributed by atoms with Crippen LogP contribution in [0, 0.1) is 0 Å². The Kier molecular flexibility index (Phi) is 6.62. The summed E-state index contributed by atoms with van der Waals surface area (Å²) in [7, 11) is 3.20. The number of fused-ring (bicyclic) bond motifs is 1. The lowest BCUT2D eigenvalue weighted by Crippen LogP contribution is -2.55. The third-order valence-corrected chi connectivity index (χ3v) is 6.56. The van der Waals surface area contributed by atoms with E-state index in [1.807, 2.05) is 36.4 Å². The number of nitrogens with zero attached hydrogens (tertiary/aromatic N) is 4. The highest BCUT2D eigenvalue weighted by molar-refractivity contribution is 6.06. The summed E-state index contributed by atoms with van der Waals surface area (Å²) in [5, 5.41) is 23.9. The highest BCUT2D eigenvalue weighted by Gasteiger charge is 2.41. The van der Waals surface area contributed by atoms with Crippen molar-refractivity contribution in [3.8, 4) is 11.5 Å². The zero-order valence-electron chi connectivity index (χ0n) is 20.2. The average molecular weight is 492 g/mol. The number of amides is 2. The molecule has 3 atom stereocenters. The molecule has 1 aromatic heterocycles. The van der Waals surface area contributed by atoms with Gasteiger partial charge < -0.3 is 25.0 Å². The minimum atomic E-state index is -0.704. The van der Waals surface area contributed by atoms with Gasteiger partial charge in [-0.3, -0.25) is 9.80 Å². The molecule has 3 N–H and O–H groups in total. The van der Waals surface area contributed by atoms with Crippen molar-refractivity contribution in [2.45, 2.75) is 44.1 Å². The Morgan fingerprint density at radius 1 is 0.917 bits per heavy atom. The molecule has 1 aliphatic carbocycles. The molecular formula is C26H29N5O5. The first-order valence-electron chi connectivity index (χ1n) is 11.8. The highest BCUT2D eigenvalue weighted by atomic mass is 16.5. The van der Waals surface area contributed by atoms with E-state index >= 15 is 0 Å². The van der Waals surface area contributed by atoms with Gasteiger partial charge in [0.25, 0.3) is 0 Å². The molecule has 1 aliphatic heterocycles. The smallest absolute Gasteiger partial charge is 0.330 e. The summed E-state index contributed by atoms with van der Waals surface area (Å²) in [6.07, 6.45) is 1.30. The standard InChI is InChI=1S/C26H29N5O5/c1-35-22-7-3-17(4-8-22)28-25-27-14-16-15-30(18-5-9-23(36-2)10-6-18)26(34)31(24(16)29-25)19-11-20(32)13-21(33)12-19/h3-10,14,19-21,32-33H,11-13,15H2,1-2H3,(H,27,28,29)/t19?,20-,21+. The quantitative estimate of drug-likeness (QED) is 0.480. The van der Waals surface area contributed by atoms with Crippen molar-refractivity contribution in [1.29, 1.82) is 0 Å². The molecule has 2 amide bonds. The van der Waals surface area contributed by atoms with E-state index in [0.717, 1.165) is 17.0 Å². The summed E-state index contributed by atoms with van der Waals surface area (Å²) in [4.78, 5) is 26.3. The minimum absolute atomic E-state index is 0.270. The highest BCUT2D eigenvalue weighted by Crippen LogP contribution is 2.36. The van der Waals surface area contributed by atoms with E-state index < -0.39 is 18.2 Å². The van der Waals surface area contributed by atoms with Crippen molar-refractivity contribution in [3.05, 3.63) is 60.3 Å². The first kappa shape index (κ1) is 23.8. The van der Waals surface area contributed by atoms with Crippen molar-refractivity contribution in [2.75, 3.05) is 29.3 Å². The number of urea groups is 1. The first-order chi connectivity index (χ1) is 17.4. The summed E-state index contributed by atoms with van der Waals surface area (Å²) in [5.74, 6) is 2.24. The van der Waals surface area contributed by atoms with Crippen LogP contribution in [0.1, 0.15) is 24.8 Å². The van der Waals surface area contributed by atoms with E-state index in [-0.39, 0.29) is 12.6 Å². The van der Waals surface area contributed by atoms with Gasteiger partial charge in [0.15, 0.2) is 0 Å². The fourth-order valence-corrected chi connectivity index (χ4v) is 4.77. The van der Waals surface area contributed by atoms with Gasteiger partial charge in [0.05, 0.1) is 33.0 Å². The molecule has 2 aliphatic rings. The van der Waals surface area contributed by atoms with E-state index in [1.165, 1.54) is 0 Å². The second-order valence-electron chi connectivity index (χ2n) is 9.00. The lowest BCUT2D eigenvalue weighted by atomic mass is 9.89. The Morgan fingerprint density at radius 2 is 1.53 bits per heavy atom. The van der Waals surface area contributed by atoms with Crippen molar-refractivity contribution in [1.82, 2.24) is 9.97 Å². The molecule has 2 aromatic carbocycles. The Bertz CT molecular complexity index is 1210. The fourth-order valence-electron chi connectivity index (χ4n) is 4.77. The van der Waals surface area contributed by atoms with Gasteiger partial charge in [0.1, 0.15) is 17.3 Å². The SMILES string of the molecule is COc1ccc(Nc2ncc3c(n2)N(C2C[C@@H](O)C[C@@H](O)C2)C(=O)N(c2ccc(OC)cc2)C3)cc1. The summed E-state index contributed by atoms with van der Waals surface area (Å²) in [6.45, 7) is 0.289. The van der Waals surface area contributed by atoms with Crippen molar-refractivity contribution in [2.24, 2.45) is 0 Å². The number of nitrogens with one attached hydrogen (secondary N) is 1. The third kappa shape index (κ3) is 4.77. The van der Waals surface area contributed by atoms with Crippen molar-refractivity contribution in [3.63, 3.8) is 0 Å². The molecule has 1 fully saturated rings. The molecule has 10 nitrogen and oxygen atoms in total. The topological polar surface area (TPSA) is 120 Å². The zero-order chi connectivity index (χ0) is 25.2.